The van der Waals surface area contributed by atoms with Gasteiger partial charge in [0, 0.05) is 38.1 Å². The average Bonchev–Trinajstić information content (AvgIpc) is 2.55. The molecular formula is C17H19N3OS. The number of hydrogen-bond acceptors (Lipinski definition) is 3. The van der Waals surface area contributed by atoms with Gasteiger partial charge in [0.25, 0.3) is 5.91 Å². The molecule has 2 heterocycles. The second kappa shape index (κ2) is 6.32. The number of nitrogens with zero attached hydrogens (tertiary/aromatic N) is 2. The standard InChI is InChI=1S/C17H19N3OS/c1-13-4-2-5-14(12-13)19-8-10-20(11-9-19)17(21)15-6-3-7-18-16(15)22/h2-7,12H,8-11H2,1H3,(H,18,22). The highest BCUT2D eigenvalue weighted by molar-refractivity contribution is 7.71. The highest BCUT2D eigenvalue weighted by Gasteiger charge is 2.23. The van der Waals surface area contributed by atoms with Crippen molar-refractivity contribution in [2.75, 3.05) is 31.1 Å². The van der Waals surface area contributed by atoms with Crippen LogP contribution in [0.4, 0.5) is 5.69 Å². The van der Waals surface area contributed by atoms with Crippen LogP contribution in [-0.2, 0) is 0 Å². The third kappa shape index (κ3) is 3.04. The number of benzene rings is 1. The van der Waals surface area contributed by atoms with Gasteiger partial charge in [-0.25, -0.2) is 0 Å². The number of H-pyrrole nitrogens is 1. The normalized spacial score (nSPS) is 15.0. The average molecular weight is 313 g/mol. The zero-order valence-electron chi connectivity index (χ0n) is 12.6. The molecule has 0 spiro atoms. The Kier molecular flexibility index (Phi) is 4.24. The van der Waals surface area contributed by atoms with Crippen LogP contribution in [0.5, 0.6) is 0 Å². The fourth-order valence-corrected chi connectivity index (χ4v) is 2.98. The molecule has 1 saturated heterocycles. The Bertz CT molecular complexity index is 732. The van der Waals surface area contributed by atoms with Gasteiger partial charge in [-0.05, 0) is 36.8 Å². The summed E-state index contributed by atoms with van der Waals surface area (Å²) in [5.74, 6) is 0.0192. The van der Waals surface area contributed by atoms with Crippen molar-refractivity contribution in [1.29, 1.82) is 0 Å². The van der Waals surface area contributed by atoms with Crippen molar-refractivity contribution in [2.45, 2.75) is 6.92 Å². The molecule has 5 heteroatoms. The van der Waals surface area contributed by atoms with Crippen molar-refractivity contribution in [3.8, 4) is 0 Å². The van der Waals surface area contributed by atoms with E-state index in [0.717, 1.165) is 26.2 Å². The number of rotatable bonds is 2. The summed E-state index contributed by atoms with van der Waals surface area (Å²) in [6.45, 7) is 5.23. The van der Waals surface area contributed by atoms with Gasteiger partial charge in [-0.2, -0.15) is 0 Å². The number of aryl methyl sites for hydroxylation is 1. The summed E-state index contributed by atoms with van der Waals surface area (Å²) in [4.78, 5) is 19.7. The van der Waals surface area contributed by atoms with Crippen LogP contribution in [0.25, 0.3) is 0 Å². The van der Waals surface area contributed by atoms with Crippen molar-refractivity contribution >= 4 is 23.8 Å². The number of pyridine rings is 1. The number of piperazine rings is 1. The van der Waals surface area contributed by atoms with E-state index in [1.54, 1.807) is 12.3 Å². The molecule has 2 aromatic rings. The number of aromatic amines is 1. The van der Waals surface area contributed by atoms with Crippen LogP contribution in [-0.4, -0.2) is 42.0 Å². The van der Waals surface area contributed by atoms with Gasteiger partial charge in [0.15, 0.2) is 0 Å². The highest BCUT2D eigenvalue weighted by atomic mass is 32.1. The molecule has 22 heavy (non-hydrogen) atoms. The molecule has 1 amide bonds. The zero-order chi connectivity index (χ0) is 15.5. The maximum absolute atomic E-state index is 12.5. The molecule has 0 unspecified atom stereocenters. The number of hydrogen-bond donors (Lipinski definition) is 1. The van der Waals surface area contributed by atoms with Gasteiger partial charge in [-0.3, -0.25) is 4.79 Å². The van der Waals surface area contributed by atoms with Gasteiger partial charge in [0.2, 0.25) is 0 Å². The van der Waals surface area contributed by atoms with Crippen LogP contribution in [0, 0.1) is 11.6 Å². The van der Waals surface area contributed by atoms with E-state index in [1.807, 2.05) is 11.0 Å². The van der Waals surface area contributed by atoms with Gasteiger partial charge in [0.1, 0.15) is 4.64 Å². The van der Waals surface area contributed by atoms with E-state index >= 15 is 0 Å². The number of nitrogens with one attached hydrogen (secondary N) is 1. The summed E-state index contributed by atoms with van der Waals surface area (Å²) in [7, 11) is 0. The molecule has 1 aromatic carbocycles. The van der Waals surface area contributed by atoms with Crippen molar-refractivity contribution in [3.05, 3.63) is 58.4 Å². The maximum Gasteiger partial charge on any atom is 0.256 e. The van der Waals surface area contributed by atoms with Crippen molar-refractivity contribution < 1.29 is 4.79 Å². The van der Waals surface area contributed by atoms with Crippen molar-refractivity contribution in [3.63, 3.8) is 0 Å². The van der Waals surface area contributed by atoms with Crippen molar-refractivity contribution in [2.24, 2.45) is 0 Å². The summed E-state index contributed by atoms with van der Waals surface area (Å²) < 4.78 is 0.508. The summed E-state index contributed by atoms with van der Waals surface area (Å²) >= 11 is 5.20. The maximum atomic E-state index is 12.5. The predicted molar refractivity (Wildman–Crippen MR) is 90.9 cm³/mol. The molecule has 1 aliphatic heterocycles. The monoisotopic (exact) mass is 313 g/mol. The lowest BCUT2D eigenvalue weighted by Gasteiger charge is -2.36. The van der Waals surface area contributed by atoms with E-state index in [1.165, 1.54) is 11.3 Å². The Hall–Kier alpha value is -2.14. The van der Waals surface area contributed by atoms with Crippen molar-refractivity contribution in [1.82, 2.24) is 9.88 Å². The number of anilines is 1. The first-order chi connectivity index (χ1) is 10.6. The van der Waals surface area contributed by atoms with E-state index in [2.05, 4.69) is 41.1 Å². The second-order valence-electron chi connectivity index (χ2n) is 5.53. The number of carbonyl (C=O) groups excluding carboxylic acids is 1. The van der Waals surface area contributed by atoms with E-state index in [4.69, 9.17) is 12.2 Å². The Labute approximate surface area is 135 Å². The molecule has 0 radical (unpaired) electrons. The van der Waals surface area contributed by atoms with Gasteiger partial charge >= 0.3 is 0 Å². The SMILES string of the molecule is Cc1cccc(N2CCN(C(=O)c3ccc[nH]c3=S)CC2)c1. The second-order valence-corrected chi connectivity index (χ2v) is 5.94. The summed E-state index contributed by atoms with van der Waals surface area (Å²) in [6, 6.07) is 12.1. The molecule has 0 bridgehead atoms. The quantitative estimate of drug-likeness (QED) is 0.866. The Balaban J connectivity index is 1.68. The molecule has 0 atom stereocenters. The molecule has 3 rings (SSSR count). The van der Waals surface area contributed by atoms with Crippen LogP contribution in [0.3, 0.4) is 0 Å². The fraction of sp³-hybridized carbons (Fsp3) is 0.294. The summed E-state index contributed by atoms with van der Waals surface area (Å²) in [6.07, 6.45) is 1.74. The molecule has 1 aliphatic rings. The minimum Gasteiger partial charge on any atom is -0.368 e. The Morgan fingerprint density at radius 2 is 1.91 bits per heavy atom. The molecule has 1 fully saturated rings. The zero-order valence-corrected chi connectivity index (χ0v) is 13.4. The van der Waals surface area contributed by atoms with Crippen LogP contribution < -0.4 is 4.90 Å². The third-order valence-corrected chi connectivity index (χ3v) is 4.32. The van der Waals surface area contributed by atoms with Crippen LogP contribution in [0.2, 0.25) is 0 Å². The number of carbonyl (C=O) groups is 1. The molecule has 1 aromatic heterocycles. The van der Waals surface area contributed by atoms with E-state index in [0.29, 0.717) is 10.2 Å². The summed E-state index contributed by atoms with van der Waals surface area (Å²) in [5.41, 5.74) is 3.07. The Morgan fingerprint density at radius 1 is 1.14 bits per heavy atom. The van der Waals surface area contributed by atoms with Gasteiger partial charge < -0.3 is 14.8 Å². The van der Waals surface area contributed by atoms with E-state index < -0.39 is 0 Å². The molecular weight excluding hydrogens is 294 g/mol. The van der Waals surface area contributed by atoms with Crippen LogP contribution in [0.1, 0.15) is 15.9 Å². The lowest BCUT2D eigenvalue weighted by atomic mass is 10.1. The number of amides is 1. The van der Waals surface area contributed by atoms with E-state index in [-0.39, 0.29) is 5.91 Å². The molecule has 114 valence electrons. The highest BCUT2D eigenvalue weighted by Crippen LogP contribution is 2.18. The van der Waals surface area contributed by atoms with Gasteiger partial charge in [-0.1, -0.05) is 24.4 Å². The first kappa shape index (κ1) is 14.8. The smallest absolute Gasteiger partial charge is 0.256 e. The minimum atomic E-state index is 0.0192. The molecule has 0 saturated carbocycles. The predicted octanol–water partition coefficient (Wildman–Crippen LogP) is 3.02. The lowest BCUT2D eigenvalue weighted by Crippen LogP contribution is -2.48. The third-order valence-electron chi connectivity index (χ3n) is 3.98. The molecule has 4 nitrogen and oxygen atoms in total. The van der Waals surface area contributed by atoms with Gasteiger partial charge in [-0.15, -0.1) is 0 Å². The van der Waals surface area contributed by atoms with Crippen LogP contribution in [0.15, 0.2) is 42.6 Å². The first-order valence-corrected chi connectivity index (χ1v) is 7.84. The van der Waals surface area contributed by atoms with Crippen LogP contribution >= 0.6 is 12.2 Å². The Morgan fingerprint density at radius 3 is 2.59 bits per heavy atom. The fourth-order valence-electron chi connectivity index (χ4n) is 2.75. The number of aromatic nitrogens is 1. The first-order valence-electron chi connectivity index (χ1n) is 7.44. The topological polar surface area (TPSA) is 39.3 Å². The molecule has 0 aliphatic carbocycles. The minimum absolute atomic E-state index is 0.0192. The molecule has 1 N–H and O–H groups in total. The lowest BCUT2D eigenvalue weighted by molar-refractivity contribution is 0.0746. The van der Waals surface area contributed by atoms with E-state index in [9.17, 15) is 4.79 Å². The van der Waals surface area contributed by atoms with Gasteiger partial charge in [0.05, 0.1) is 5.56 Å². The largest absolute Gasteiger partial charge is 0.368 e. The summed E-state index contributed by atoms with van der Waals surface area (Å²) in [5, 5.41) is 0.